The number of aromatic nitrogens is 3. The van der Waals surface area contributed by atoms with Crippen LogP contribution < -0.4 is 4.90 Å². The second kappa shape index (κ2) is 3.86. The fraction of sp³-hybridized carbons (Fsp3) is 0.0833. The highest BCUT2D eigenvalue weighted by molar-refractivity contribution is 5.77. The lowest BCUT2D eigenvalue weighted by Crippen LogP contribution is -2.24. The van der Waals surface area contributed by atoms with E-state index in [1.165, 1.54) is 0 Å². The molecule has 84 valence electrons. The number of aliphatic hydroxyl groups is 1. The van der Waals surface area contributed by atoms with Crippen molar-refractivity contribution in [3.63, 3.8) is 0 Å². The van der Waals surface area contributed by atoms with Crippen molar-refractivity contribution in [1.29, 1.82) is 0 Å². The Labute approximate surface area is 98.1 Å². The summed E-state index contributed by atoms with van der Waals surface area (Å²) < 4.78 is 0. The van der Waals surface area contributed by atoms with E-state index >= 15 is 0 Å². The Morgan fingerprint density at radius 1 is 1.18 bits per heavy atom. The highest BCUT2D eigenvalue weighted by atomic mass is 16.3. The van der Waals surface area contributed by atoms with Crippen molar-refractivity contribution in [3.8, 4) is 0 Å². The summed E-state index contributed by atoms with van der Waals surface area (Å²) in [4.78, 5) is 14.5. The second-order valence-corrected chi connectivity index (χ2v) is 3.64. The first-order valence-corrected chi connectivity index (χ1v) is 5.24. The Hall–Kier alpha value is -2.43. The van der Waals surface area contributed by atoms with Gasteiger partial charge in [0, 0.05) is 25.1 Å². The highest BCUT2D eigenvalue weighted by Crippen LogP contribution is 2.31. The fourth-order valence-corrected chi connectivity index (χ4v) is 1.82. The number of hydrogen-bond acceptors (Lipinski definition) is 5. The van der Waals surface area contributed by atoms with Crippen LogP contribution >= 0.6 is 0 Å². The van der Waals surface area contributed by atoms with Gasteiger partial charge in [0.05, 0.1) is 11.8 Å². The first kappa shape index (κ1) is 9.77. The van der Waals surface area contributed by atoms with Crippen molar-refractivity contribution >= 4 is 17.4 Å². The molecule has 5 heteroatoms. The molecule has 2 aromatic heterocycles. The van der Waals surface area contributed by atoms with Gasteiger partial charge in [-0.2, -0.15) is 0 Å². The Morgan fingerprint density at radius 3 is 2.94 bits per heavy atom. The van der Waals surface area contributed by atoms with Crippen molar-refractivity contribution in [2.75, 3.05) is 11.4 Å². The van der Waals surface area contributed by atoms with E-state index in [1.54, 1.807) is 36.9 Å². The Balaban J connectivity index is 2.11. The number of aliphatic hydroxyl groups excluding tert-OH is 1. The van der Waals surface area contributed by atoms with Gasteiger partial charge >= 0.3 is 0 Å². The molecule has 0 aromatic carbocycles. The van der Waals surface area contributed by atoms with Gasteiger partial charge in [0.2, 0.25) is 0 Å². The molecule has 1 aliphatic rings. The van der Waals surface area contributed by atoms with Crippen molar-refractivity contribution in [2.45, 2.75) is 0 Å². The lowest BCUT2D eigenvalue weighted by atomic mass is 10.1. The van der Waals surface area contributed by atoms with E-state index in [4.69, 9.17) is 0 Å². The van der Waals surface area contributed by atoms with Gasteiger partial charge in [0.1, 0.15) is 11.6 Å². The van der Waals surface area contributed by atoms with Crippen molar-refractivity contribution in [1.82, 2.24) is 15.0 Å². The van der Waals surface area contributed by atoms with Crippen molar-refractivity contribution < 1.29 is 5.11 Å². The number of pyridine rings is 1. The van der Waals surface area contributed by atoms with Crippen molar-refractivity contribution in [2.24, 2.45) is 0 Å². The first-order valence-electron chi connectivity index (χ1n) is 5.24. The van der Waals surface area contributed by atoms with Gasteiger partial charge in [-0.1, -0.05) is 0 Å². The summed E-state index contributed by atoms with van der Waals surface area (Å²) in [6.07, 6.45) is 8.37. The standard InChI is InChI=1S/C12H10N4O/c17-10-3-7-16(11-8-13-5-6-14-11)12-9(10)2-1-4-15-12/h1-6,8,17H,7H2. The second-order valence-electron chi connectivity index (χ2n) is 3.64. The van der Waals surface area contributed by atoms with E-state index in [-0.39, 0.29) is 5.76 Å². The molecule has 0 fully saturated rings. The molecule has 1 aliphatic heterocycles. The van der Waals surface area contributed by atoms with Crippen LogP contribution in [0, 0.1) is 0 Å². The minimum Gasteiger partial charge on any atom is -0.507 e. The minimum atomic E-state index is 0.258. The van der Waals surface area contributed by atoms with Gasteiger partial charge in [0.15, 0.2) is 5.82 Å². The van der Waals surface area contributed by atoms with Crippen LogP contribution in [-0.4, -0.2) is 26.6 Å². The van der Waals surface area contributed by atoms with Crippen LogP contribution in [0.2, 0.25) is 0 Å². The van der Waals surface area contributed by atoms with Gasteiger partial charge < -0.3 is 10.0 Å². The third-order valence-corrected chi connectivity index (χ3v) is 2.61. The average Bonchev–Trinajstić information content (AvgIpc) is 2.41. The molecule has 0 radical (unpaired) electrons. The molecule has 2 aromatic rings. The number of anilines is 2. The molecule has 3 heterocycles. The average molecular weight is 226 g/mol. The molecule has 0 saturated carbocycles. The molecule has 0 spiro atoms. The molecule has 5 nitrogen and oxygen atoms in total. The first-order chi connectivity index (χ1) is 8.36. The van der Waals surface area contributed by atoms with Gasteiger partial charge in [-0.25, -0.2) is 9.97 Å². The number of rotatable bonds is 1. The molecule has 0 bridgehead atoms. The predicted octanol–water partition coefficient (Wildman–Crippen LogP) is 1.92. The lowest BCUT2D eigenvalue weighted by Gasteiger charge is -2.26. The third kappa shape index (κ3) is 1.61. The maximum Gasteiger partial charge on any atom is 0.152 e. The third-order valence-electron chi connectivity index (χ3n) is 2.61. The summed E-state index contributed by atoms with van der Waals surface area (Å²) in [6, 6.07) is 3.62. The van der Waals surface area contributed by atoms with Crippen LogP contribution in [0.3, 0.4) is 0 Å². The quantitative estimate of drug-likeness (QED) is 0.804. The normalized spacial score (nSPS) is 14.1. The molecule has 0 aliphatic carbocycles. The number of fused-ring (bicyclic) bond motifs is 1. The zero-order valence-electron chi connectivity index (χ0n) is 8.98. The summed E-state index contributed by atoms with van der Waals surface area (Å²) in [7, 11) is 0. The van der Waals surface area contributed by atoms with E-state index < -0.39 is 0 Å². The molecule has 0 atom stereocenters. The Kier molecular flexibility index (Phi) is 2.22. The largest absolute Gasteiger partial charge is 0.507 e. The van der Waals surface area contributed by atoms with Gasteiger partial charge in [0.25, 0.3) is 0 Å². The predicted molar refractivity (Wildman–Crippen MR) is 63.9 cm³/mol. The summed E-state index contributed by atoms with van der Waals surface area (Å²) >= 11 is 0. The van der Waals surface area contributed by atoms with Crippen LogP contribution in [-0.2, 0) is 0 Å². The fourth-order valence-electron chi connectivity index (χ4n) is 1.82. The van der Waals surface area contributed by atoms with Crippen LogP contribution in [0.5, 0.6) is 0 Å². The molecule has 0 amide bonds. The van der Waals surface area contributed by atoms with Crippen LogP contribution in [0.25, 0.3) is 5.76 Å². The van der Waals surface area contributed by atoms with Gasteiger partial charge in [-0.3, -0.25) is 4.98 Å². The lowest BCUT2D eigenvalue weighted by molar-refractivity contribution is 0.507. The van der Waals surface area contributed by atoms with E-state index in [2.05, 4.69) is 15.0 Å². The van der Waals surface area contributed by atoms with E-state index in [0.717, 1.165) is 5.82 Å². The summed E-state index contributed by atoms with van der Waals surface area (Å²) in [5, 5.41) is 9.78. The maximum absolute atomic E-state index is 9.78. The highest BCUT2D eigenvalue weighted by Gasteiger charge is 2.21. The summed E-state index contributed by atoms with van der Waals surface area (Å²) in [5.74, 6) is 1.68. The zero-order valence-corrected chi connectivity index (χ0v) is 8.98. The SMILES string of the molecule is OC1=CCN(c2cnccn2)c2ncccc21. The molecule has 1 N–H and O–H groups in total. The van der Waals surface area contributed by atoms with Gasteiger partial charge in [-0.15, -0.1) is 0 Å². The van der Waals surface area contributed by atoms with E-state index in [1.807, 2.05) is 11.0 Å². The number of hydrogen-bond donors (Lipinski definition) is 1. The topological polar surface area (TPSA) is 62.1 Å². The molecule has 3 rings (SSSR count). The van der Waals surface area contributed by atoms with E-state index in [0.29, 0.717) is 17.9 Å². The number of nitrogens with zero attached hydrogens (tertiary/aromatic N) is 4. The van der Waals surface area contributed by atoms with Crippen molar-refractivity contribution in [3.05, 3.63) is 48.6 Å². The maximum atomic E-state index is 9.78. The molecule has 17 heavy (non-hydrogen) atoms. The zero-order chi connectivity index (χ0) is 11.7. The summed E-state index contributed by atoms with van der Waals surface area (Å²) in [6.45, 7) is 0.536. The van der Waals surface area contributed by atoms with Crippen LogP contribution in [0.1, 0.15) is 5.56 Å². The van der Waals surface area contributed by atoms with Crippen LogP contribution in [0.4, 0.5) is 11.6 Å². The Morgan fingerprint density at radius 2 is 2.12 bits per heavy atom. The molecular weight excluding hydrogens is 216 g/mol. The minimum absolute atomic E-state index is 0.258. The molecule has 0 saturated heterocycles. The molecule has 0 unspecified atom stereocenters. The van der Waals surface area contributed by atoms with E-state index in [9.17, 15) is 5.11 Å². The summed E-state index contributed by atoms with van der Waals surface area (Å²) in [5.41, 5.74) is 0.712. The van der Waals surface area contributed by atoms with Crippen LogP contribution in [0.15, 0.2) is 43.0 Å². The Bertz CT molecular complexity index is 568. The molecular formula is C12H10N4O. The monoisotopic (exact) mass is 226 g/mol. The van der Waals surface area contributed by atoms with Gasteiger partial charge in [-0.05, 0) is 18.2 Å². The smallest absolute Gasteiger partial charge is 0.152 e.